The molecule has 104 valence electrons. The van der Waals surface area contributed by atoms with Crippen molar-refractivity contribution in [3.8, 4) is 0 Å². The number of piperidine rings is 1. The van der Waals surface area contributed by atoms with Crippen molar-refractivity contribution in [2.75, 3.05) is 6.54 Å². The Balaban J connectivity index is 1.95. The fourth-order valence-electron chi connectivity index (χ4n) is 2.81. The van der Waals surface area contributed by atoms with Gasteiger partial charge in [0.15, 0.2) is 0 Å². The van der Waals surface area contributed by atoms with Crippen molar-refractivity contribution in [3.63, 3.8) is 0 Å². The lowest BCUT2D eigenvalue weighted by Gasteiger charge is -2.35. The van der Waals surface area contributed by atoms with E-state index in [1.54, 1.807) is 0 Å². The van der Waals surface area contributed by atoms with E-state index < -0.39 is 5.97 Å². The zero-order chi connectivity index (χ0) is 13.7. The van der Waals surface area contributed by atoms with E-state index in [2.05, 4.69) is 36.1 Å². The standard InChI is InChI=1S/C16H23NO2/c1-13-5-7-14(8-6-13)12-17-11-3-2-4-15(17)9-10-16(18)19/h5-8,15H,2-4,9-12H2,1H3,(H,18,19). The van der Waals surface area contributed by atoms with E-state index in [0.29, 0.717) is 6.04 Å². The van der Waals surface area contributed by atoms with E-state index in [0.717, 1.165) is 25.9 Å². The van der Waals surface area contributed by atoms with Gasteiger partial charge in [0.2, 0.25) is 0 Å². The molecule has 1 aromatic rings. The largest absolute Gasteiger partial charge is 0.481 e. The van der Waals surface area contributed by atoms with Gasteiger partial charge in [0.05, 0.1) is 0 Å². The summed E-state index contributed by atoms with van der Waals surface area (Å²) in [7, 11) is 0. The maximum Gasteiger partial charge on any atom is 0.303 e. The highest BCUT2D eigenvalue weighted by atomic mass is 16.4. The lowest BCUT2D eigenvalue weighted by molar-refractivity contribution is -0.137. The van der Waals surface area contributed by atoms with Gasteiger partial charge in [-0.15, -0.1) is 0 Å². The number of hydrogen-bond acceptors (Lipinski definition) is 2. The third kappa shape index (κ3) is 4.35. The SMILES string of the molecule is Cc1ccc(CN2CCCCC2CCC(=O)O)cc1. The van der Waals surface area contributed by atoms with Gasteiger partial charge >= 0.3 is 5.97 Å². The normalized spacial score (nSPS) is 20.4. The number of carboxylic acids is 1. The van der Waals surface area contributed by atoms with Crippen LogP contribution >= 0.6 is 0 Å². The summed E-state index contributed by atoms with van der Waals surface area (Å²) in [5, 5.41) is 8.83. The third-order valence-corrected chi connectivity index (χ3v) is 3.95. The van der Waals surface area contributed by atoms with E-state index in [1.165, 1.54) is 24.0 Å². The summed E-state index contributed by atoms with van der Waals surface area (Å²) in [6, 6.07) is 9.08. The Morgan fingerprint density at radius 1 is 1.32 bits per heavy atom. The molecule has 0 radical (unpaired) electrons. The van der Waals surface area contributed by atoms with Crippen LogP contribution in [-0.4, -0.2) is 28.6 Å². The van der Waals surface area contributed by atoms with Crippen LogP contribution in [-0.2, 0) is 11.3 Å². The molecule has 0 spiro atoms. The lowest BCUT2D eigenvalue weighted by atomic mass is 9.97. The summed E-state index contributed by atoms with van der Waals surface area (Å²) >= 11 is 0. The van der Waals surface area contributed by atoms with Crippen LogP contribution < -0.4 is 0 Å². The first-order valence-corrected chi connectivity index (χ1v) is 7.16. The minimum atomic E-state index is -0.680. The Morgan fingerprint density at radius 3 is 2.74 bits per heavy atom. The van der Waals surface area contributed by atoms with Crippen LogP contribution in [0.4, 0.5) is 0 Å². The van der Waals surface area contributed by atoms with Crippen molar-refractivity contribution < 1.29 is 9.90 Å². The minimum absolute atomic E-state index is 0.287. The van der Waals surface area contributed by atoms with E-state index in [9.17, 15) is 4.79 Å². The number of nitrogens with zero attached hydrogens (tertiary/aromatic N) is 1. The van der Waals surface area contributed by atoms with Gasteiger partial charge in [0, 0.05) is 19.0 Å². The van der Waals surface area contributed by atoms with Crippen molar-refractivity contribution in [2.24, 2.45) is 0 Å². The molecule has 1 aromatic carbocycles. The Kier molecular flexibility index (Phi) is 4.97. The van der Waals surface area contributed by atoms with Gasteiger partial charge in [-0.3, -0.25) is 9.69 Å². The average Bonchev–Trinajstić information content (AvgIpc) is 2.40. The highest BCUT2D eigenvalue weighted by Crippen LogP contribution is 2.23. The van der Waals surface area contributed by atoms with E-state index in [1.807, 2.05) is 0 Å². The lowest BCUT2D eigenvalue weighted by Crippen LogP contribution is -2.39. The predicted octanol–water partition coefficient (Wildman–Crippen LogP) is 3.21. The molecule has 0 saturated carbocycles. The molecule has 1 atom stereocenters. The second kappa shape index (κ2) is 6.71. The van der Waals surface area contributed by atoms with Crippen molar-refractivity contribution in [1.29, 1.82) is 0 Å². The van der Waals surface area contributed by atoms with Gasteiger partial charge in [0.25, 0.3) is 0 Å². The molecule has 2 rings (SSSR count). The highest BCUT2D eigenvalue weighted by Gasteiger charge is 2.22. The number of aryl methyl sites for hydroxylation is 1. The molecule has 1 unspecified atom stereocenters. The Labute approximate surface area is 115 Å². The Hall–Kier alpha value is -1.35. The number of likely N-dealkylation sites (tertiary alicyclic amines) is 1. The molecule has 3 nitrogen and oxygen atoms in total. The number of benzene rings is 1. The molecular weight excluding hydrogens is 238 g/mol. The molecule has 1 fully saturated rings. The molecule has 0 bridgehead atoms. The maximum atomic E-state index is 10.7. The third-order valence-electron chi connectivity index (χ3n) is 3.95. The van der Waals surface area contributed by atoms with Crippen LogP contribution in [0.3, 0.4) is 0 Å². The monoisotopic (exact) mass is 261 g/mol. The first-order chi connectivity index (χ1) is 9.15. The summed E-state index contributed by atoms with van der Waals surface area (Å²) < 4.78 is 0. The molecule has 1 saturated heterocycles. The number of rotatable bonds is 5. The number of carboxylic acid groups (broad SMARTS) is 1. The Morgan fingerprint density at radius 2 is 2.05 bits per heavy atom. The molecule has 1 N–H and O–H groups in total. The number of hydrogen-bond donors (Lipinski definition) is 1. The van der Waals surface area contributed by atoms with Gasteiger partial charge in [-0.25, -0.2) is 0 Å². The quantitative estimate of drug-likeness (QED) is 0.884. The summed E-state index contributed by atoms with van der Waals surface area (Å²) in [5.41, 5.74) is 2.61. The molecule has 0 amide bonds. The molecule has 1 aliphatic heterocycles. The van der Waals surface area contributed by atoms with Crippen LogP contribution in [0.2, 0.25) is 0 Å². The van der Waals surface area contributed by atoms with Crippen LogP contribution in [0.5, 0.6) is 0 Å². The maximum absolute atomic E-state index is 10.7. The van der Waals surface area contributed by atoms with Crippen molar-refractivity contribution in [3.05, 3.63) is 35.4 Å². The zero-order valence-corrected chi connectivity index (χ0v) is 11.6. The second-order valence-electron chi connectivity index (χ2n) is 5.54. The molecular formula is C16H23NO2. The molecule has 1 aliphatic rings. The second-order valence-corrected chi connectivity index (χ2v) is 5.54. The molecule has 19 heavy (non-hydrogen) atoms. The zero-order valence-electron chi connectivity index (χ0n) is 11.6. The highest BCUT2D eigenvalue weighted by molar-refractivity contribution is 5.66. The minimum Gasteiger partial charge on any atom is -0.481 e. The van der Waals surface area contributed by atoms with Crippen molar-refractivity contribution in [2.45, 2.75) is 51.6 Å². The fraction of sp³-hybridized carbons (Fsp3) is 0.562. The van der Waals surface area contributed by atoms with Crippen LogP contribution in [0, 0.1) is 6.92 Å². The van der Waals surface area contributed by atoms with Gasteiger partial charge in [-0.05, 0) is 38.3 Å². The van der Waals surface area contributed by atoms with Crippen molar-refractivity contribution >= 4 is 5.97 Å². The predicted molar refractivity (Wildman–Crippen MR) is 76.1 cm³/mol. The summed E-state index contributed by atoms with van der Waals surface area (Å²) in [4.78, 5) is 13.2. The van der Waals surface area contributed by atoms with Gasteiger partial charge in [-0.1, -0.05) is 36.2 Å². The smallest absolute Gasteiger partial charge is 0.303 e. The Bertz CT molecular complexity index is 413. The van der Waals surface area contributed by atoms with Gasteiger partial charge in [-0.2, -0.15) is 0 Å². The van der Waals surface area contributed by atoms with Gasteiger partial charge in [0.1, 0.15) is 0 Å². The van der Waals surface area contributed by atoms with E-state index in [-0.39, 0.29) is 6.42 Å². The summed E-state index contributed by atoms with van der Waals surface area (Å²) in [5.74, 6) is -0.680. The molecule has 0 aliphatic carbocycles. The molecule has 0 aromatic heterocycles. The van der Waals surface area contributed by atoms with E-state index >= 15 is 0 Å². The van der Waals surface area contributed by atoms with Gasteiger partial charge < -0.3 is 5.11 Å². The number of aliphatic carboxylic acids is 1. The number of carbonyl (C=O) groups is 1. The molecule has 3 heteroatoms. The first-order valence-electron chi connectivity index (χ1n) is 7.16. The average molecular weight is 261 g/mol. The first kappa shape index (κ1) is 14.1. The van der Waals surface area contributed by atoms with Crippen LogP contribution in [0.25, 0.3) is 0 Å². The van der Waals surface area contributed by atoms with Crippen LogP contribution in [0.15, 0.2) is 24.3 Å². The summed E-state index contributed by atoms with van der Waals surface area (Å²) in [6.45, 7) is 4.14. The topological polar surface area (TPSA) is 40.5 Å². The van der Waals surface area contributed by atoms with Crippen molar-refractivity contribution in [1.82, 2.24) is 4.90 Å². The fourth-order valence-corrected chi connectivity index (χ4v) is 2.81. The van der Waals surface area contributed by atoms with E-state index in [4.69, 9.17) is 5.11 Å². The summed E-state index contributed by atoms with van der Waals surface area (Å²) in [6.07, 6.45) is 4.67. The van der Waals surface area contributed by atoms with Crippen LogP contribution in [0.1, 0.15) is 43.2 Å². The molecule has 1 heterocycles.